The number of nitrogens with two attached hydrogens (primary N) is 1. The fourth-order valence-corrected chi connectivity index (χ4v) is 1.75. The average Bonchev–Trinajstić information content (AvgIpc) is 2.40. The lowest BCUT2D eigenvalue weighted by Crippen LogP contribution is -2.10. The van der Waals surface area contributed by atoms with Crippen LogP contribution in [0, 0.1) is 0 Å². The van der Waals surface area contributed by atoms with Gasteiger partial charge in [-0.05, 0) is 44.4 Å². The number of aliphatic hydroxyl groups is 1. The molecule has 19 heavy (non-hydrogen) atoms. The van der Waals surface area contributed by atoms with Crippen LogP contribution in [0.2, 0.25) is 0 Å². The minimum atomic E-state index is 0.229. The summed E-state index contributed by atoms with van der Waals surface area (Å²) in [6, 6.07) is 5.45. The summed E-state index contributed by atoms with van der Waals surface area (Å²) >= 11 is 4.94. The number of hydrogen-bond acceptors (Lipinski definition) is 4. The van der Waals surface area contributed by atoms with Gasteiger partial charge < -0.3 is 20.3 Å². The molecule has 0 spiro atoms. The quantitative estimate of drug-likeness (QED) is 0.537. The van der Waals surface area contributed by atoms with E-state index >= 15 is 0 Å². The average molecular weight is 283 g/mol. The van der Waals surface area contributed by atoms with Gasteiger partial charge in [-0.3, -0.25) is 0 Å². The summed E-state index contributed by atoms with van der Waals surface area (Å²) in [4.78, 5) is 0.343. The highest BCUT2D eigenvalue weighted by Crippen LogP contribution is 2.28. The predicted octanol–water partition coefficient (Wildman–Crippen LogP) is 2.26. The molecule has 0 atom stereocenters. The third-order valence-electron chi connectivity index (χ3n) is 2.59. The van der Waals surface area contributed by atoms with Crippen molar-refractivity contribution in [2.75, 3.05) is 19.8 Å². The van der Waals surface area contributed by atoms with E-state index < -0.39 is 0 Å². The Bertz CT molecular complexity index is 410. The number of unbranched alkanes of at least 4 members (excludes halogenated alkanes) is 2. The molecule has 0 bridgehead atoms. The molecular formula is C14H21NO3S. The van der Waals surface area contributed by atoms with Gasteiger partial charge in [0.25, 0.3) is 0 Å². The first kappa shape index (κ1) is 15.7. The van der Waals surface area contributed by atoms with E-state index in [2.05, 4.69) is 0 Å². The van der Waals surface area contributed by atoms with Crippen molar-refractivity contribution < 1.29 is 14.6 Å². The Hall–Kier alpha value is -1.33. The van der Waals surface area contributed by atoms with Crippen molar-refractivity contribution in [2.24, 2.45) is 5.73 Å². The molecule has 0 fully saturated rings. The molecule has 1 rings (SSSR count). The first-order valence-corrected chi connectivity index (χ1v) is 6.90. The zero-order chi connectivity index (χ0) is 14.1. The van der Waals surface area contributed by atoms with Crippen molar-refractivity contribution >= 4 is 17.2 Å². The maximum Gasteiger partial charge on any atom is 0.161 e. The Morgan fingerprint density at radius 1 is 1.21 bits per heavy atom. The van der Waals surface area contributed by atoms with Crippen LogP contribution in [0.1, 0.15) is 31.7 Å². The van der Waals surface area contributed by atoms with E-state index in [0.29, 0.717) is 29.7 Å². The third kappa shape index (κ3) is 5.44. The van der Waals surface area contributed by atoms with Crippen LogP contribution in [0.15, 0.2) is 18.2 Å². The lowest BCUT2D eigenvalue weighted by atomic mass is 10.2. The van der Waals surface area contributed by atoms with Gasteiger partial charge in [0.1, 0.15) is 4.99 Å². The number of rotatable bonds is 9. The molecule has 1 aromatic carbocycles. The Balaban J connectivity index is 2.62. The fraction of sp³-hybridized carbons (Fsp3) is 0.500. The summed E-state index contributed by atoms with van der Waals surface area (Å²) in [6.45, 7) is 3.31. The van der Waals surface area contributed by atoms with Crippen molar-refractivity contribution in [3.05, 3.63) is 23.8 Å². The Kier molecular flexibility index (Phi) is 7.22. The largest absolute Gasteiger partial charge is 0.490 e. The molecule has 4 nitrogen and oxygen atoms in total. The van der Waals surface area contributed by atoms with Gasteiger partial charge >= 0.3 is 0 Å². The zero-order valence-electron chi connectivity index (χ0n) is 11.2. The number of benzene rings is 1. The van der Waals surface area contributed by atoms with Gasteiger partial charge in [0.05, 0.1) is 13.2 Å². The molecule has 0 unspecified atom stereocenters. The minimum Gasteiger partial charge on any atom is -0.490 e. The molecule has 0 saturated heterocycles. The van der Waals surface area contributed by atoms with Crippen LogP contribution in [-0.4, -0.2) is 29.9 Å². The summed E-state index contributed by atoms with van der Waals surface area (Å²) in [7, 11) is 0. The number of hydrogen-bond donors (Lipinski definition) is 2. The summed E-state index contributed by atoms with van der Waals surface area (Å²) in [5, 5.41) is 8.69. The van der Waals surface area contributed by atoms with Gasteiger partial charge in [-0.1, -0.05) is 12.2 Å². The molecule has 0 aliphatic carbocycles. The summed E-state index contributed by atoms with van der Waals surface area (Å²) < 4.78 is 11.2. The molecule has 3 N–H and O–H groups in total. The molecule has 0 aliphatic heterocycles. The Labute approximate surface area is 119 Å². The van der Waals surface area contributed by atoms with Crippen LogP contribution in [0.25, 0.3) is 0 Å². The second kappa shape index (κ2) is 8.72. The van der Waals surface area contributed by atoms with E-state index in [-0.39, 0.29) is 6.61 Å². The Morgan fingerprint density at radius 2 is 2.00 bits per heavy atom. The van der Waals surface area contributed by atoms with Crippen molar-refractivity contribution in [3.8, 4) is 11.5 Å². The molecule has 0 radical (unpaired) electrons. The summed E-state index contributed by atoms with van der Waals surface area (Å²) in [6.07, 6.45) is 2.66. The monoisotopic (exact) mass is 283 g/mol. The highest BCUT2D eigenvalue weighted by molar-refractivity contribution is 7.80. The predicted molar refractivity (Wildman–Crippen MR) is 79.9 cm³/mol. The van der Waals surface area contributed by atoms with E-state index in [1.807, 2.05) is 19.1 Å². The van der Waals surface area contributed by atoms with E-state index in [1.54, 1.807) is 6.07 Å². The number of aliphatic hydroxyl groups excluding tert-OH is 1. The number of ether oxygens (including phenoxy) is 2. The molecular weight excluding hydrogens is 262 g/mol. The van der Waals surface area contributed by atoms with Gasteiger partial charge in [0.2, 0.25) is 0 Å². The minimum absolute atomic E-state index is 0.229. The van der Waals surface area contributed by atoms with Crippen LogP contribution < -0.4 is 15.2 Å². The Morgan fingerprint density at radius 3 is 2.63 bits per heavy atom. The summed E-state index contributed by atoms with van der Waals surface area (Å²) in [5.41, 5.74) is 6.36. The molecule has 0 amide bonds. The van der Waals surface area contributed by atoms with Crippen LogP contribution in [0.4, 0.5) is 0 Å². The van der Waals surface area contributed by atoms with E-state index in [0.717, 1.165) is 24.8 Å². The molecule has 0 aliphatic rings. The second-order valence-electron chi connectivity index (χ2n) is 4.09. The van der Waals surface area contributed by atoms with Crippen LogP contribution in [0.5, 0.6) is 11.5 Å². The molecule has 5 heteroatoms. The molecule has 0 aromatic heterocycles. The fourth-order valence-electron chi connectivity index (χ4n) is 1.62. The topological polar surface area (TPSA) is 64.7 Å². The van der Waals surface area contributed by atoms with Gasteiger partial charge in [-0.25, -0.2) is 0 Å². The first-order chi connectivity index (χ1) is 9.19. The smallest absolute Gasteiger partial charge is 0.161 e. The van der Waals surface area contributed by atoms with Crippen LogP contribution in [0.3, 0.4) is 0 Å². The lowest BCUT2D eigenvalue weighted by Gasteiger charge is -2.13. The van der Waals surface area contributed by atoms with E-state index in [4.69, 9.17) is 32.5 Å². The lowest BCUT2D eigenvalue weighted by molar-refractivity contribution is 0.255. The highest BCUT2D eigenvalue weighted by atomic mass is 32.1. The maximum absolute atomic E-state index is 8.69. The normalized spacial score (nSPS) is 10.2. The molecule has 106 valence electrons. The summed E-state index contributed by atoms with van der Waals surface area (Å²) in [5.74, 6) is 1.36. The molecule has 1 aromatic rings. The third-order valence-corrected chi connectivity index (χ3v) is 2.82. The van der Waals surface area contributed by atoms with Crippen molar-refractivity contribution in [1.29, 1.82) is 0 Å². The second-order valence-corrected chi connectivity index (χ2v) is 4.53. The van der Waals surface area contributed by atoms with Crippen LogP contribution in [-0.2, 0) is 0 Å². The zero-order valence-corrected chi connectivity index (χ0v) is 12.0. The van der Waals surface area contributed by atoms with Gasteiger partial charge in [0.15, 0.2) is 11.5 Å². The van der Waals surface area contributed by atoms with Crippen molar-refractivity contribution in [2.45, 2.75) is 26.2 Å². The van der Waals surface area contributed by atoms with Crippen LogP contribution >= 0.6 is 12.2 Å². The van der Waals surface area contributed by atoms with Crippen molar-refractivity contribution in [3.63, 3.8) is 0 Å². The maximum atomic E-state index is 8.69. The molecule has 0 heterocycles. The van der Waals surface area contributed by atoms with Gasteiger partial charge in [0, 0.05) is 12.2 Å². The molecule has 0 saturated carbocycles. The van der Waals surface area contributed by atoms with E-state index in [9.17, 15) is 0 Å². The van der Waals surface area contributed by atoms with Crippen molar-refractivity contribution in [1.82, 2.24) is 0 Å². The standard InChI is InChI=1S/C14H21NO3S/c1-2-17-13-10-11(14(15)19)6-7-12(13)18-9-5-3-4-8-16/h6-7,10,16H,2-5,8-9H2,1H3,(H2,15,19). The van der Waals surface area contributed by atoms with Gasteiger partial charge in [-0.2, -0.15) is 0 Å². The first-order valence-electron chi connectivity index (χ1n) is 6.49. The number of thiocarbonyl (C=S) groups is 1. The highest BCUT2D eigenvalue weighted by Gasteiger charge is 2.07. The van der Waals surface area contributed by atoms with Gasteiger partial charge in [-0.15, -0.1) is 0 Å². The van der Waals surface area contributed by atoms with E-state index in [1.165, 1.54) is 0 Å². The SMILES string of the molecule is CCOc1cc(C(N)=S)ccc1OCCCCCO.